The average molecular weight is 967 g/mol. The van der Waals surface area contributed by atoms with E-state index in [9.17, 15) is 9.59 Å². The lowest BCUT2D eigenvalue weighted by molar-refractivity contribution is -0.137. The molecule has 8 aromatic rings. The van der Waals surface area contributed by atoms with Gasteiger partial charge in [0.25, 0.3) is 0 Å². The first-order valence-electron chi connectivity index (χ1n) is 23.6. The van der Waals surface area contributed by atoms with Gasteiger partial charge in [0.1, 0.15) is 0 Å². The van der Waals surface area contributed by atoms with Crippen LogP contribution in [0.4, 0.5) is 0 Å². The molecule has 71 heavy (non-hydrogen) atoms. The third-order valence-electron chi connectivity index (χ3n) is 12.7. The van der Waals surface area contributed by atoms with Crippen molar-refractivity contribution in [2.24, 2.45) is 0 Å². The van der Waals surface area contributed by atoms with E-state index < -0.39 is 5.97 Å². The van der Waals surface area contributed by atoms with E-state index in [1.165, 1.54) is 24.2 Å². The highest BCUT2D eigenvalue weighted by atomic mass is 16.4. The number of carbonyl (C=O) groups excluding carboxylic acids is 1. The highest BCUT2D eigenvalue weighted by Gasteiger charge is 2.23. The number of nitrogens with zero attached hydrogens (tertiary/aromatic N) is 15. The first-order valence-corrected chi connectivity index (χ1v) is 23.6. The van der Waals surface area contributed by atoms with Gasteiger partial charge in [-0.3, -0.25) is 19.4 Å². The summed E-state index contributed by atoms with van der Waals surface area (Å²) in [5, 5.41) is 46.7. The maximum Gasteiger partial charge on any atom is 0.303 e. The van der Waals surface area contributed by atoms with E-state index in [0.29, 0.717) is 48.0 Å². The largest absolute Gasteiger partial charge is 0.481 e. The molecule has 0 bridgehead atoms. The number of carboxylic acid groups (broad SMARTS) is 1. The number of nitrogens with one attached hydrogen (secondary N) is 1. The van der Waals surface area contributed by atoms with E-state index >= 15 is 0 Å². The van der Waals surface area contributed by atoms with Crippen molar-refractivity contribution in [3.63, 3.8) is 0 Å². The van der Waals surface area contributed by atoms with Gasteiger partial charge in [-0.2, -0.15) is 19.2 Å². The summed E-state index contributed by atoms with van der Waals surface area (Å²) < 4.78 is 6.94. The number of carboxylic acids is 1. The van der Waals surface area contributed by atoms with Gasteiger partial charge in [0.05, 0.1) is 11.4 Å². The molecule has 8 heterocycles. The van der Waals surface area contributed by atoms with Gasteiger partial charge in [-0.1, -0.05) is 75.5 Å². The van der Waals surface area contributed by atoms with Crippen molar-refractivity contribution >= 4 is 23.2 Å². The van der Waals surface area contributed by atoms with Gasteiger partial charge in [-0.05, 0) is 101 Å². The second kappa shape index (κ2) is 24.6. The Balaban J connectivity index is 0.000000191. The van der Waals surface area contributed by atoms with Crippen LogP contribution in [0, 0.1) is 41.5 Å². The molecule has 19 heteroatoms. The fraction of sp³-hybridized carbons (Fsp3) is 0.423. The number of fused-ring (bicyclic) bond motifs is 2. The third-order valence-corrected chi connectivity index (χ3v) is 12.7. The Kier molecular flexibility index (Phi) is 18.4. The molecular formula is C52H70N16O3. The van der Waals surface area contributed by atoms with Crippen molar-refractivity contribution in [2.75, 3.05) is 52.4 Å². The Bertz CT molecular complexity index is 2980. The Morgan fingerprint density at radius 1 is 0.535 bits per heavy atom. The quantitative estimate of drug-likeness (QED) is 0.142. The zero-order valence-electron chi connectivity index (χ0n) is 40.5. The molecule has 2 N–H and O–H groups in total. The summed E-state index contributed by atoms with van der Waals surface area (Å²) >= 11 is 0. The fourth-order valence-corrected chi connectivity index (χ4v) is 8.85. The second-order valence-corrected chi connectivity index (χ2v) is 17.6. The second-order valence-electron chi connectivity index (χ2n) is 17.6. The molecule has 2 aliphatic heterocycles. The number of aryl methyl sites for hydroxylation is 4. The summed E-state index contributed by atoms with van der Waals surface area (Å²) in [6.07, 6.45) is 1.71. The summed E-state index contributed by atoms with van der Waals surface area (Å²) in [5.41, 5.74) is 9.84. The summed E-state index contributed by atoms with van der Waals surface area (Å²) in [4.78, 5) is 30.6. The van der Waals surface area contributed by atoms with E-state index in [1.54, 1.807) is 13.7 Å². The number of rotatable bonds is 12. The Morgan fingerprint density at radius 2 is 0.972 bits per heavy atom. The smallest absolute Gasteiger partial charge is 0.303 e. The molecule has 0 aliphatic carbocycles. The van der Waals surface area contributed by atoms with Crippen LogP contribution in [0.5, 0.6) is 0 Å². The van der Waals surface area contributed by atoms with Crippen molar-refractivity contribution in [3.05, 3.63) is 142 Å². The van der Waals surface area contributed by atoms with Crippen molar-refractivity contribution in [2.45, 2.75) is 95.2 Å². The molecule has 19 nitrogen and oxygen atoms in total. The summed E-state index contributed by atoms with van der Waals surface area (Å²) in [7, 11) is 0. The third kappa shape index (κ3) is 13.2. The number of piperazine rings is 2. The van der Waals surface area contributed by atoms with Crippen molar-refractivity contribution < 1.29 is 14.7 Å². The SMILES string of the molecule is C.C.Cc1nn(-c2ccc3nnc(C)n3n2)c(C)c1CCC(=O)N1CCN(Cc2ccccc2)CC1.Cc1nn(-c2ccc3nnc(C)n3n2)c(C)c1CCC(=O)O.c1ccc(CN2CCNCC2)cc1. The maximum absolute atomic E-state index is 12.9. The molecule has 0 saturated carbocycles. The molecule has 0 radical (unpaired) electrons. The lowest BCUT2D eigenvalue weighted by Gasteiger charge is -2.34. The highest BCUT2D eigenvalue weighted by Crippen LogP contribution is 2.21. The summed E-state index contributed by atoms with van der Waals surface area (Å²) in [6.45, 7) is 21.6. The molecule has 2 aliphatic rings. The number of benzene rings is 2. The van der Waals surface area contributed by atoms with E-state index in [2.05, 4.69) is 105 Å². The van der Waals surface area contributed by atoms with Crippen molar-refractivity contribution in [1.29, 1.82) is 0 Å². The van der Waals surface area contributed by atoms with Crippen LogP contribution in [0.15, 0.2) is 84.9 Å². The Hall–Kier alpha value is -7.22. The molecule has 6 aromatic heterocycles. The minimum Gasteiger partial charge on any atom is -0.481 e. The van der Waals surface area contributed by atoms with Crippen molar-refractivity contribution in [3.8, 4) is 11.6 Å². The topological polar surface area (TPSA) is 198 Å². The highest BCUT2D eigenvalue weighted by molar-refractivity contribution is 5.76. The van der Waals surface area contributed by atoms with Gasteiger partial charge >= 0.3 is 5.97 Å². The van der Waals surface area contributed by atoms with Crippen LogP contribution >= 0.6 is 0 Å². The molecule has 2 aromatic carbocycles. The minimum absolute atomic E-state index is 0. The fourth-order valence-electron chi connectivity index (χ4n) is 8.85. The molecule has 10 rings (SSSR count). The van der Waals surface area contributed by atoms with E-state index in [4.69, 9.17) is 10.2 Å². The summed E-state index contributed by atoms with van der Waals surface area (Å²) in [6, 6.07) is 28.6. The number of carbonyl (C=O) groups is 2. The normalized spacial score (nSPS) is 14.0. The molecule has 2 saturated heterocycles. The van der Waals surface area contributed by atoms with Gasteiger partial charge in [-0.15, -0.1) is 30.6 Å². The average Bonchev–Trinajstić information content (AvgIpc) is 4.10. The minimum atomic E-state index is -0.814. The maximum atomic E-state index is 12.9. The first kappa shape index (κ1) is 53.1. The molecule has 0 atom stereocenters. The predicted molar refractivity (Wildman–Crippen MR) is 275 cm³/mol. The van der Waals surface area contributed by atoms with Crippen LogP contribution in [-0.2, 0) is 35.5 Å². The van der Waals surface area contributed by atoms with Gasteiger partial charge < -0.3 is 15.3 Å². The summed E-state index contributed by atoms with van der Waals surface area (Å²) in [5.74, 6) is 2.19. The lowest BCUT2D eigenvalue weighted by Crippen LogP contribution is -2.48. The molecule has 376 valence electrons. The van der Waals surface area contributed by atoms with Crippen molar-refractivity contribution in [1.82, 2.24) is 79.2 Å². The van der Waals surface area contributed by atoms with E-state index in [0.717, 1.165) is 92.1 Å². The Labute approximate surface area is 416 Å². The van der Waals surface area contributed by atoms with Crippen LogP contribution in [0.25, 0.3) is 22.9 Å². The molecule has 1 amide bonds. The van der Waals surface area contributed by atoms with Gasteiger partial charge in [0.15, 0.2) is 34.6 Å². The zero-order chi connectivity index (χ0) is 48.4. The van der Waals surface area contributed by atoms with Gasteiger partial charge in [0, 0.05) is 89.7 Å². The number of amides is 1. The zero-order valence-corrected chi connectivity index (χ0v) is 40.5. The predicted octanol–water partition coefficient (Wildman–Crippen LogP) is 6.13. The van der Waals surface area contributed by atoms with Crippen LogP contribution in [0.2, 0.25) is 0 Å². The number of aromatic nitrogens is 12. The first-order chi connectivity index (χ1) is 33.4. The van der Waals surface area contributed by atoms with Crippen LogP contribution in [0.1, 0.15) is 84.4 Å². The van der Waals surface area contributed by atoms with E-state index in [1.807, 2.05) is 81.5 Å². The molecule has 0 unspecified atom stereocenters. The number of hydrogen-bond acceptors (Lipinski definition) is 13. The lowest BCUT2D eigenvalue weighted by atomic mass is 10.1. The number of aliphatic carboxylic acids is 1. The monoisotopic (exact) mass is 967 g/mol. The Morgan fingerprint density at radius 3 is 1.42 bits per heavy atom. The molecular weight excluding hydrogens is 897 g/mol. The van der Waals surface area contributed by atoms with Crippen LogP contribution in [-0.4, -0.2) is 143 Å². The standard InChI is InChI=1S/C25H30N8O.C14H16N6O2.C11H16N2.2CH4/c1-18-22(19(2)32(28-18)24-11-10-23-27-26-20(3)33(23)29-24)9-12-25(34)31-15-13-30(14-16-31)17-21-7-5-4-6-8-21;1-8-11(4-7-14(21)22)9(2)19(17-8)13-6-5-12-16-15-10(3)20(12)18-13;1-2-4-11(5-3-1)10-13-8-6-12-7-9-13;;/h4-8,10-11H,9,12-17H2,1-3H3;5-6H,4,7H2,1-3H3,(H,21,22);1-5,12H,6-10H2;2*1H4. The number of hydrogen-bond donors (Lipinski definition) is 2. The van der Waals surface area contributed by atoms with Gasteiger partial charge in [0.2, 0.25) is 5.91 Å². The van der Waals surface area contributed by atoms with Crippen LogP contribution in [0.3, 0.4) is 0 Å². The van der Waals surface area contributed by atoms with E-state index in [-0.39, 0.29) is 27.2 Å². The van der Waals surface area contributed by atoms with Crippen LogP contribution < -0.4 is 5.32 Å². The molecule has 0 spiro atoms. The van der Waals surface area contributed by atoms with Gasteiger partial charge in [-0.25, -0.2) is 9.36 Å². The molecule has 2 fully saturated rings.